The fourth-order valence-corrected chi connectivity index (χ4v) is 3.85. The van der Waals surface area contributed by atoms with Crippen LogP contribution in [0.2, 0.25) is 0 Å². The Hall–Kier alpha value is -0.130. The third-order valence-electron chi connectivity index (χ3n) is 3.80. The van der Waals surface area contributed by atoms with Crippen LogP contribution in [-0.4, -0.2) is 35.0 Å². The molecule has 0 aromatic heterocycles. The lowest BCUT2D eigenvalue weighted by Crippen LogP contribution is -2.48. The van der Waals surface area contributed by atoms with Crippen LogP contribution in [0, 0.1) is 5.92 Å². The Balaban J connectivity index is 0.00000144. The van der Waals surface area contributed by atoms with E-state index in [4.69, 9.17) is 11.6 Å². The lowest BCUT2D eigenvalue weighted by molar-refractivity contribution is 0.0694. The molecule has 4 N–H and O–H groups in total. The highest BCUT2D eigenvalue weighted by Gasteiger charge is 2.32. The average molecular weight is 279 g/mol. The van der Waals surface area contributed by atoms with E-state index in [0.29, 0.717) is 5.17 Å². The number of hydrogen-bond acceptors (Lipinski definition) is 4. The lowest BCUT2D eigenvalue weighted by atomic mass is 9.85. The first-order valence-electron chi connectivity index (χ1n) is 6.21. The van der Waals surface area contributed by atoms with Crippen molar-refractivity contribution in [3.63, 3.8) is 0 Å². The zero-order chi connectivity index (χ0) is 11.4. The van der Waals surface area contributed by atoms with E-state index in [1.165, 1.54) is 45.2 Å². The largest absolute Gasteiger partial charge is 0.377 e. The molecule has 0 aromatic carbocycles. The molecule has 2 aliphatic heterocycles. The van der Waals surface area contributed by atoms with Gasteiger partial charge in [0.05, 0.1) is 0 Å². The summed E-state index contributed by atoms with van der Waals surface area (Å²) < 4.78 is 0. The molecule has 0 saturated carbocycles. The van der Waals surface area contributed by atoms with Crippen molar-refractivity contribution in [1.29, 1.82) is 0 Å². The van der Waals surface area contributed by atoms with Gasteiger partial charge in [0, 0.05) is 11.8 Å². The number of hydrogen-bond donors (Lipinski definition) is 2. The first kappa shape index (κ1) is 14.9. The minimum absolute atomic E-state index is 0. The van der Waals surface area contributed by atoms with E-state index in [-0.39, 0.29) is 12.4 Å². The molecule has 2 heterocycles. The van der Waals surface area contributed by atoms with Gasteiger partial charge in [0.2, 0.25) is 0 Å². The van der Waals surface area contributed by atoms with Gasteiger partial charge in [-0.15, -0.1) is 12.4 Å². The second kappa shape index (κ2) is 7.34. The van der Waals surface area contributed by atoms with Gasteiger partial charge in [0.15, 0.2) is 5.17 Å². The minimum atomic E-state index is 0. The first-order valence-corrected chi connectivity index (χ1v) is 7.20. The smallest absolute Gasteiger partial charge is 0.177 e. The summed E-state index contributed by atoms with van der Waals surface area (Å²) in [6.07, 6.45) is 6.81. The van der Waals surface area contributed by atoms with Crippen LogP contribution in [0.4, 0.5) is 0 Å². The normalized spacial score (nSPS) is 30.5. The molecule has 0 spiro atoms. The number of rotatable bonds is 2. The van der Waals surface area contributed by atoms with Gasteiger partial charge in [0.25, 0.3) is 0 Å². The summed E-state index contributed by atoms with van der Waals surface area (Å²) in [6.45, 7) is 2.60. The fraction of sp³-hybridized carbons (Fsp3) is 0.909. The Morgan fingerprint density at radius 1 is 1.24 bits per heavy atom. The molecule has 4 nitrogen and oxygen atoms in total. The van der Waals surface area contributed by atoms with Gasteiger partial charge in [-0.2, -0.15) is 5.10 Å². The summed E-state index contributed by atoms with van der Waals surface area (Å²) in [5, 5.41) is 4.04. The van der Waals surface area contributed by atoms with E-state index in [1.807, 2.05) is 0 Å². The molecule has 2 fully saturated rings. The predicted molar refractivity (Wildman–Crippen MR) is 77.5 cm³/mol. The third kappa shape index (κ3) is 3.93. The van der Waals surface area contributed by atoms with Crippen molar-refractivity contribution >= 4 is 29.3 Å². The van der Waals surface area contributed by atoms with Crippen molar-refractivity contribution in [3.8, 4) is 0 Å². The van der Waals surface area contributed by atoms with Crippen LogP contribution in [0.25, 0.3) is 0 Å². The van der Waals surface area contributed by atoms with Crippen LogP contribution in [0.3, 0.4) is 0 Å². The molecule has 2 atom stereocenters. The van der Waals surface area contributed by atoms with E-state index in [0.717, 1.165) is 17.7 Å². The number of nitrogens with zero attached hydrogens (tertiary/aromatic N) is 2. The summed E-state index contributed by atoms with van der Waals surface area (Å²) in [4.78, 5) is 2.67. The van der Waals surface area contributed by atoms with Gasteiger partial charge in [-0.25, -0.2) is 0 Å². The molecule has 2 saturated heterocycles. The van der Waals surface area contributed by atoms with Crippen LogP contribution in [0.5, 0.6) is 0 Å². The molecule has 2 rings (SSSR count). The fourth-order valence-electron chi connectivity index (χ4n) is 3.00. The number of amidine groups is 1. The van der Waals surface area contributed by atoms with Crippen LogP contribution in [0.1, 0.15) is 32.1 Å². The summed E-state index contributed by atoms with van der Waals surface area (Å²) in [6, 6.07) is 0.792. The van der Waals surface area contributed by atoms with Crippen molar-refractivity contribution in [3.05, 3.63) is 0 Å². The standard InChI is InChI=1S/C11H22N4S.ClH/c12-11(14-13)16-8-9-4-3-7-15-6-2-1-5-10(9)15;/h9-10H,1-8,13H2,(H2,12,14);1H. The molecule has 0 amide bonds. The predicted octanol–water partition coefficient (Wildman–Crippen LogP) is 1.59. The summed E-state index contributed by atoms with van der Waals surface area (Å²) >= 11 is 1.61. The molecule has 0 radical (unpaired) electrons. The summed E-state index contributed by atoms with van der Waals surface area (Å²) in [5.41, 5.74) is 5.63. The van der Waals surface area contributed by atoms with Crippen molar-refractivity contribution in [2.75, 3.05) is 18.8 Å². The van der Waals surface area contributed by atoms with E-state index in [1.54, 1.807) is 11.8 Å². The molecule has 17 heavy (non-hydrogen) atoms. The Morgan fingerprint density at radius 2 is 2.00 bits per heavy atom. The zero-order valence-corrected chi connectivity index (χ0v) is 11.8. The Labute approximate surface area is 114 Å². The molecule has 0 aliphatic carbocycles. The number of nitrogens with two attached hydrogens (primary N) is 2. The summed E-state index contributed by atoms with van der Waals surface area (Å²) in [5.74, 6) is 7.01. The Morgan fingerprint density at radius 3 is 2.76 bits per heavy atom. The van der Waals surface area contributed by atoms with Crippen LogP contribution in [-0.2, 0) is 0 Å². The van der Waals surface area contributed by atoms with E-state index in [2.05, 4.69) is 10.0 Å². The lowest BCUT2D eigenvalue weighted by Gasteiger charge is -2.44. The number of hydrazone groups is 1. The number of fused-ring (bicyclic) bond motifs is 1. The molecular formula is C11H23ClN4S. The topological polar surface area (TPSA) is 67.6 Å². The van der Waals surface area contributed by atoms with E-state index in [9.17, 15) is 0 Å². The molecule has 0 bridgehead atoms. The van der Waals surface area contributed by atoms with Gasteiger partial charge in [-0.05, 0) is 44.7 Å². The maximum absolute atomic E-state index is 5.63. The molecule has 2 aliphatic rings. The van der Waals surface area contributed by atoms with Crippen LogP contribution in [0.15, 0.2) is 5.10 Å². The van der Waals surface area contributed by atoms with Crippen molar-refractivity contribution in [1.82, 2.24) is 4.90 Å². The van der Waals surface area contributed by atoms with E-state index >= 15 is 0 Å². The minimum Gasteiger partial charge on any atom is -0.377 e. The summed E-state index contributed by atoms with van der Waals surface area (Å²) in [7, 11) is 0. The average Bonchev–Trinajstić information content (AvgIpc) is 2.35. The van der Waals surface area contributed by atoms with Gasteiger partial charge in [-0.1, -0.05) is 18.2 Å². The SMILES string of the molecule is Cl.N/N=C(\N)SCC1CCCN2CCCCC12. The molecule has 100 valence electrons. The second-order valence-corrected chi connectivity index (χ2v) is 5.82. The van der Waals surface area contributed by atoms with Crippen molar-refractivity contribution in [2.45, 2.75) is 38.1 Å². The second-order valence-electron chi connectivity index (χ2n) is 4.78. The number of thioether (sulfide) groups is 1. The quantitative estimate of drug-likeness (QED) is 0.348. The van der Waals surface area contributed by atoms with Crippen LogP contribution >= 0.6 is 24.2 Å². The van der Waals surface area contributed by atoms with Crippen molar-refractivity contribution in [2.24, 2.45) is 22.6 Å². The molecule has 2 unspecified atom stereocenters. The number of piperidine rings is 2. The molecule has 0 aromatic rings. The highest BCUT2D eigenvalue weighted by atomic mass is 35.5. The van der Waals surface area contributed by atoms with Gasteiger partial charge in [0.1, 0.15) is 0 Å². The first-order chi connectivity index (χ1) is 7.81. The third-order valence-corrected chi connectivity index (χ3v) is 4.80. The highest BCUT2D eigenvalue weighted by molar-refractivity contribution is 8.13. The van der Waals surface area contributed by atoms with Crippen LogP contribution < -0.4 is 11.6 Å². The highest BCUT2D eigenvalue weighted by Crippen LogP contribution is 2.32. The zero-order valence-electron chi connectivity index (χ0n) is 10.2. The van der Waals surface area contributed by atoms with Gasteiger partial charge in [-0.3, -0.25) is 0 Å². The number of halogens is 1. The van der Waals surface area contributed by atoms with Crippen molar-refractivity contribution < 1.29 is 0 Å². The maximum atomic E-state index is 5.63. The maximum Gasteiger partial charge on any atom is 0.177 e. The van der Waals surface area contributed by atoms with Gasteiger partial charge >= 0.3 is 0 Å². The Kier molecular flexibility index (Phi) is 6.44. The van der Waals surface area contributed by atoms with Gasteiger partial charge < -0.3 is 16.5 Å². The van der Waals surface area contributed by atoms with E-state index < -0.39 is 0 Å². The Bertz CT molecular complexity index is 260. The molecule has 6 heteroatoms. The molecular weight excluding hydrogens is 256 g/mol. The monoisotopic (exact) mass is 278 g/mol.